The van der Waals surface area contributed by atoms with E-state index in [1.807, 2.05) is 6.07 Å². The van der Waals surface area contributed by atoms with Crippen molar-refractivity contribution in [1.29, 1.82) is 0 Å². The Hall–Kier alpha value is -1.71. The fraction of sp³-hybridized carbons (Fsp3) is 0.696. The molecule has 0 aromatic heterocycles. The highest BCUT2D eigenvalue weighted by molar-refractivity contribution is 5.62. The van der Waals surface area contributed by atoms with Gasteiger partial charge in [-0.2, -0.15) is 0 Å². The van der Waals surface area contributed by atoms with Gasteiger partial charge in [0.15, 0.2) is 11.5 Å². The summed E-state index contributed by atoms with van der Waals surface area (Å²) in [5.41, 5.74) is 0.869. The van der Waals surface area contributed by atoms with Gasteiger partial charge in [-0.1, -0.05) is 96.1 Å². The molecule has 3 N–H and O–H groups in total. The minimum atomic E-state index is -0.833. The topological polar surface area (TPSA) is 77.8 Å². The van der Waals surface area contributed by atoms with Gasteiger partial charge < -0.3 is 15.3 Å². The fourth-order valence-electron chi connectivity index (χ4n) is 3.11. The third-order valence-corrected chi connectivity index (χ3v) is 4.65. The zero-order chi connectivity index (χ0) is 20.3. The van der Waals surface area contributed by atoms with Crippen molar-refractivity contribution >= 4 is 5.97 Å². The molecule has 0 saturated heterocycles. The summed E-state index contributed by atoms with van der Waals surface area (Å²) < 4.78 is 0. The van der Waals surface area contributed by atoms with Crippen molar-refractivity contribution in [3.05, 3.63) is 23.8 Å². The third kappa shape index (κ3) is 16.2. The molecule has 4 nitrogen and oxygen atoms in total. The molecule has 4 heteroatoms. The van der Waals surface area contributed by atoms with Crippen LogP contribution in [0.3, 0.4) is 0 Å². The number of hydrogen-bond acceptors (Lipinski definition) is 3. The predicted octanol–water partition coefficient (Wildman–Crippen LogP) is 6.82. The minimum absolute atomic E-state index is 0.00260. The molecule has 1 rings (SSSR count). The number of carbonyl (C=O) groups is 1. The molecular formula is C23H40O4. The number of rotatable bonds is 14. The Kier molecular flexibility index (Phi) is 16.6. The molecule has 0 aliphatic rings. The van der Waals surface area contributed by atoms with Gasteiger partial charge in [0.1, 0.15) is 0 Å². The Balaban J connectivity index is 0.00000153. The molecule has 0 radical (unpaired) electrons. The van der Waals surface area contributed by atoms with E-state index in [0.29, 0.717) is 0 Å². The van der Waals surface area contributed by atoms with Crippen molar-refractivity contribution in [2.45, 2.75) is 104 Å². The summed E-state index contributed by atoms with van der Waals surface area (Å²) in [4.78, 5) is 9.00. The van der Waals surface area contributed by atoms with Crippen molar-refractivity contribution in [3.63, 3.8) is 0 Å². The quantitative estimate of drug-likeness (QED) is 0.244. The van der Waals surface area contributed by atoms with E-state index in [2.05, 4.69) is 6.92 Å². The summed E-state index contributed by atoms with van der Waals surface area (Å²) in [6, 6.07) is 5.23. The molecule has 1 aromatic carbocycles. The maximum absolute atomic E-state index is 9.74. The zero-order valence-corrected chi connectivity index (χ0v) is 17.4. The largest absolute Gasteiger partial charge is 0.504 e. The number of phenolic OH excluding ortho intramolecular Hbond substituents is 2. The van der Waals surface area contributed by atoms with Gasteiger partial charge in [0, 0.05) is 6.92 Å². The van der Waals surface area contributed by atoms with Crippen LogP contribution in [-0.2, 0) is 11.2 Å². The van der Waals surface area contributed by atoms with E-state index >= 15 is 0 Å². The molecule has 0 atom stereocenters. The van der Waals surface area contributed by atoms with E-state index in [-0.39, 0.29) is 11.5 Å². The van der Waals surface area contributed by atoms with Gasteiger partial charge in [0.2, 0.25) is 0 Å². The second kappa shape index (κ2) is 17.7. The summed E-state index contributed by atoms with van der Waals surface area (Å²) in [5, 5.41) is 26.6. The lowest BCUT2D eigenvalue weighted by atomic mass is 10.0. The van der Waals surface area contributed by atoms with Gasteiger partial charge in [-0.3, -0.25) is 4.79 Å². The van der Waals surface area contributed by atoms with Crippen LogP contribution in [0.1, 0.15) is 103 Å². The van der Waals surface area contributed by atoms with Crippen LogP contribution in [0.4, 0.5) is 0 Å². The molecule has 0 spiro atoms. The second-order valence-electron chi connectivity index (χ2n) is 7.30. The minimum Gasteiger partial charge on any atom is -0.504 e. The number of benzene rings is 1. The van der Waals surface area contributed by atoms with Crippen LogP contribution in [0.15, 0.2) is 18.2 Å². The number of aromatic hydroxyl groups is 2. The van der Waals surface area contributed by atoms with Crippen molar-refractivity contribution in [1.82, 2.24) is 0 Å². The molecule has 0 fully saturated rings. The molecule has 0 aliphatic carbocycles. The van der Waals surface area contributed by atoms with E-state index in [1.165, 1.54) is 83.1 Å². The number of carboxylic acids is 1. The molecular weight excluding hydrogens is 340 g/mol. The number of hydrogen-bond donors (Lipinski definition) is 3. The monoisotopic (exact) mass is 380 g/mol. The molecule has 0 amide bonds. The van der Waals surface area contributed by atoms with Crippen LogP contribution in [0, 0.1) is 0 Å². The number of unbranched alkanes of at least 4 members (excludes halogenated alkanes) is 12. The predicted molar refractivity (Wildman–Crippen MR) is 112 cm³/mol. The van der Waals surface area contributed by atoms with Crippen LogP contribution in [0.2, 0.25) is 0 Å². The lowest BCUT2D eigenvalue weighted by molar-refractivity contribution is -0.134. The Morgan fingerprint density at radius 1 is 0.778 bits per heavy atom. The SMILES string of the molecule is CC(=O)O.CCCCCCCCCCCCCCCc1cccc(O)c1O. The molecule has 1 aromatic rings. The standard InChI is InChI=1S/C21H36O2.C2H4O2/c1-2-3-4-5-6-7-8-9-10-11-12-13-14-16-19-17-15-18-20(22)21(19)23;1-2(3)4/h15,17-18,22-23H,2-14,16H2,1H3;1H3,(H,3,4). The summed E-state index contributed by atoms with van der Waals surface area (Å²) in [6.07, 6.45) is 18.4. The van der Waals surface area contributed by atoms with Gasteiger partial charge in [-0.15, -0.1) is 0 Å². The van der Waals surface area contributed by atoms with Gasteiger partial charge in [-0.25, -0.2) is 0 Å². The highest BCUT2D eigenvalue weighted by Crippen LogP contribution is 2.29. The third-order valence-electron chi connectivity index (χ3n) is 4.65. The maximum atomic E-state index is 9.74. The lowest BCUT2D eigenvalue weighted by Crippen LogP contribution is -1.88. The van der Waals surface area contributed by atoms with Crippen molar-refractivity contribution < 1.29 is 20.1 Å². The molecule has 0 saturated carbocycles. The first-order chi connectivity index (χ1) is 13.0. The van der Waals surface area contributed by atoms with Crippen LogP contribution >= 0.6 is 0 Å². The van der Waals surface area contributed by atoms with Crippen LogP contribution in [0.25, 0.3) is 0 Å². The van der Waals surface area contributed by atoms with E-state index < -0.39 is 5.97 Å². The lowest BCUT2D eigenvalue weighted by Gasteiger charge is -2.06. The van der Waals surface area contributed by atoms with Crippen molar-refractivity contribution in [2.24, 2.45) is 0 Å². The summed E-state index contributed by atoms with van der Waals surface area (Å²) in [5.74, 6) is -0.774. The summed E-state index contributed by atoms with van der Waals surface area (Å²) in [7, 11) is 0. The van der Waals surface area contributed by atoms with Gasteiger partial charge in [0.25, 0.3) is 5.97 Å². The van der Waals surface area contributed by atoms with Crippen LogP contribution in [0.5, 0.6) is 11.5 Å². The molecule has 156 valence electrons. The Morgan fingerprint density at radius 3 is 1.63 bits per heavy atom. The summed E-state index contributed by atoms with van der Waals surface area (Å²) >= 11 is 0. The smallest absolute Gasteiger partial charge is 0.300 e. The maximum Gasteiger partial charge on any atom is 0.300 e. The van der Waals surface area contributed by atoms with E-state index in [4.69, 9.17) is 9.90 Å². The average Bonchev–Trinajstić information content (AvgIpc) is 2.62. The Morgan fingerprint density at radius 2 is 1.19 bits per heavy atom. The summed E-state index contributed by atoms with van der Waals surface area (Å²) in [6.45, 7) is 3.35. The second-order valence-corrected chi connectivity index (χ2v) is 7.30. The van der Waals surface area contributed by atoms with E-state index in [1.54, 1.807) is 6.07 Å². The van der Waals surface area contributed by atoms with Gasteiger partial charge >= 0.3 is 0 Å². The normalized spacial score (nSPS) is 10.3. The van der Waals surface area contributed by atoms with E-state index in [0.717, 1.165) is 25.3 Å². The van der Waals surface area contributed by atoms with Crippen LogP contribution in [-0.4, -0.2) is 21.3 Å². The Labute approximate surface area is 165 Å². The van der Waals surface area contributed by atoms with Crippen molar-refractivity contribution in [2.75, 3.05) is 0 Å². The number of phenols is 2. The first-order valence-electron chi connectivity index (χ1n) is 10.7. The number of aliphatic carboxylic acids is 1. The Bertz CT molecular complexity index is 481. The molecule has 0 bridgehead atoms. The number of aryl methyl sites for hydroxylation is 1. The highest BCUT2D eigenvalue weighted by atomic mass is 16.4. The van der Waals surface area contributed by atoms with Crippen molar-refractivity contribution in [3.8, 4) is 11.5 Å². The first kappa shape index (κ1) is 25.3. The van der Waals surface area contributed by atoms with Gasteiger partial charge in [-0.05, 0) is 24.5 Å². The fourth-order valence-corrected chi connectivity index (χ4v) is 3.11. The molecule has 0 unspecified atom stereocenters. The average molecular weight is 381 g/mol. The number of para-hydroxylation sites is 1. The van der Waals surface area contributed by atoms with Crippen LogP contribution < -0.4 is 0 Å². The number of carboxylic acid groups (broad SMARTS) is 1. The molecule has 0 heterocycles. The van der Waals surface area contributed by atoms with E-state index in [9.17, 15) is 10.2 Å². The molecule has 27 heavy (non-hydrogen) atoms. The van der Waals surface area contributed by atoms with Gasteiger partial charge in [0.05, 0.1) is 0 Å². The molecule has 0 aliphatic heterocycles. The first-order valence-corrected chi connectivity index (χ1v) is 10.7. The zero-order valence-electron chi connectivity index (χ0n) is 17.4. The highest BCUT2D eigenvalue weighted by Gasteiger charge is 2.04.